The highest BCUT2D eigenvalue weighted by Crippen LogP contribution is 2.35. The van der Waals surface area contributed by atoms with Gasteiger partial charge in [-0.2, -0.15) is 0 Å². The molecule has 1 aliphatic heterocycles. The number of nitro groups is 1. The van der Waals surface area contributed by atoms with Gasteiger partial charge in [0.05, 0.1) is 12.1 Å². The average molecular weight is 357 g/mol. The van der Waals surface area contributed by atoms with Crippen LogP contribution in [-0.4, -0.2) is 33.0 Å². The van der Waals surface area contributed by atoms with Crippen molar-refractivity contribution in [2.45, 2.75) is 26.0 Å². The molecule has 3 rings (SSSR count). The first-order valence-electron chi connectivity index (χ1n) is 7.87. The molecule has 1 aliphatic rings. The summed E-state index contributed by atoms with van der Waals surface area (Å²) in [4.78, 5) is 39.7. The third-order valence-corrected chi connectivity index (χ3v) is 4.03. The van der Waals surface area contributed by atoms with Crippen LogP contribution in [0.15, 0.2) is 36.4 Å². The molecule has 1 atom stereocenters. The molecule has 1 aromatic carbocycles. The van der Waals surface area contributed by atoms with Gasteiger partial charge >= 0.3 is 11.8 Å². The van der Waals surface area contributed by atoms with Crippen LogP contribution in [0.2, 0.25) is 0 Å². The van der Waals surface area contributed by atoms with Crippen LogP contribution in [0, 0.1) is 10.1 Å². The Hall–Kier alpha value is -3.49. The van der Waals surface area contributed by atoms with Crippen LogP contribution in [0.25, 0.3) is 0 Å². The zero-order chi connectivity index (χ0) is 18.8. The van der Waals surface area contributed by atoms with E-state index in [1.54, 1.807) is 25.1 Å². The maximum atomic E-state index is 12.7. The van der Waals surface area contributed by atoms with Crippen LogP contribution in [-0.2, 0) is 11.3 Å². The summed E-state index contributed by atoms with van der Waals surface area (Å²) in [5.41, 5.74) is 0.441. The lowest BCUT2D eigenvalue weighted by Crippen LogP contribution is -2.45. The number of pyridine rings is 1. The average Bonchev–Trinajstić information content (AvgIpc) is 2.63. The molecule has 0 spiro atoms. The molecule has 1 aromatic heterocycles. The zero-order valence-corrected chi connectivity index (χ0v) is 13.8. The van der Waals surface area contributed by atoms with Gasteiger partial charge in [-0.25, -0.2) is 4.79 Å². The normalized spacial score (nSPS) is 16.0. The monoisotopic (exact) mass is 357 g/mol. The summed E-state index contributed by atoms with van der Waals surface area (Å²) in [5, 5.41) is 20.4. The Morgan fingerprint density at radius 1 is 1.35 bits per heavy atom. The lowest BCUT2D eigenvalue weighted by Gasteiger charge is -2.31. The predicted octanol–water partition coefficient (Wildman–Crippen LogP) is 2.39. The molecule has 0 radical (unpaired) electrons. The van der Waals surface area contributed by atoms with Gasteiger partial charge < -0.3 is 20.0 Å². The van der Waals surface area contributed by atoms with Gasteiger partial charge in [0.15, 0.2) is 11.9 Å². The number of hydrogen-bond donors (Lipinski definition) is 1. The fraction of sp³-hybridized carbons (Fsp3) is 0.235. The smallest absolute Gasteiger partial charge is 0.366 e. The molecule has 134 valence electrons. The number of anilines is 1. The third kappa shape index (κ3) is 3.06. The van der Waals surface area contributed by atoms with Gasteiger partial charge in [0, 0.05) is 6.07 Å². The van der Waals surface area contributed by atoms with Crippen LogP contribution in [0.4, 0.5) is 11.6 Å². The molecule has 0 saturated heterocycles. The number of aromatic nitrogens is 1. The van der Waals surface area contributed by atoms with Gasteiger partial charge in [0.2, 0.25) is 0 Å². The number of nitrogens with zero attached hydrogens (tertiary/aromatic N) is 3. The van der Waals surface area contributed by atoms with E-state index in [9.17, 15) is 24.8 Å². The van der Waals surface area contributed by atoms with E-state index in [2.05, 4.69) is 4.98 Å². The minimum absolute atomic E-state index is 0.00842. The summed E-state index contributed by atoms with van der Waals surface area (Å²) in [6, 6.07) is 8.86. The van der Waals surface area contributed by atoms with Crippen molar-refractivity contribution in [3.05, 3.63) is 57.6 Å². The Bertz CT molecular complexity index is 898. The molecule has 0 aliphatic carbocycles. The highest BCUT2D eigenvalue weighted by atomic mass is 16.6. The van der Waals surface area contributed by atoms with Crippen LogP contribution < -0.4 is 9.64 Å². The third-order valence-electron chi connectivity index (χ3n) is 4.03. The summed E-state index contributed by atoms with van der Waals surface area (Å²) >= 11 is 0. The molecule has 1 amide bonds. The minimum atomic E-state index is -1.12. The number of amides is 1. The van der Waals surface area contributed by atoms with Gasteiger partial charge in [-0.3, -0.25) is 9.69 Å². The van der Waals surface area contributed by atoms with Gasteiger partial charge in [-0.15, -0.1) is 0 Å². The van der Waals surface area contributed by atoms with E-state index in [0.717, 1.165) is 0 Å². The van der Waals surface area contributed by atoms with E-state index < -0.39 is 28.7 Å². The molecule has 0 bridgehead atoms. The van der Waals surface area contributed by atoms with Gasteiger partial charge in [0.1, 0.15) is 0 Å². The topological polar surface area (TPSA) is 123 Å². The number of ether oxygens (including phenoxy) is 1. The first kappa shape index (κ1) is 17.3. The molecule has 1 unspecified atom stereocenters. The van der Waals surface area contributed by atoms with Gasteiger partial charge in [0.25, 0.3) is 11.7 Å². The van der Waals surface area contributed by atoms with Gasteiger partial charge in [-0.05, 0) is 34.0 Å². The van der Waals surface area contributed by atoms with E-state index >= 15 is 0 Å². The Labute approximate surface area is 148 Å². The van der Waals surface area contributed by atoms with Crippen molar-refractivity contribution in [3.63, 3.8) is 0 Å². The second-order valence-corrected chi connectivity index (χ2v) is 5.65. The van der Waals surface area contributed by atoms with E-state index in [1.165, 1.54) is 23.1 Å². The molecular weight excluding hydrogens is 342 g/mol. The lowest BCUT2D eigenvalue weighted by atomic mass is 10.1. The van der Waals surface area contributed by atoms with E-state index in [4.69, 9.17) is 4.74 Å². The van der Waals surface area contributed by atoms with Crippen molar-refractivity contribution >= 4 is 23.5 Å². The molecular formula is C17H15N3O6. The Balaban J connectivity index is 2.08. The van der Waals surface area contributed by atoms with Crippen molar-refractivity contribution in [2.75, 3.05) is 4.90 Å². The van der Waals surface area contributed by atoms with E-state index in [-0.39, 0.29) is 23.7 Å². The number of carbonyl (C=O) groups is 2. The molecule has 2 heterocycles. The Kier molecular flexibility index (Phi) is 4.53. The van der Waals surface area contributed by atoms with Crippen molar-refractivity contribution in [1.29, 1.82) is 0 Å². The molecule has 2 aromatic rings. The molecule has 9 nitrogen and oxygen atoms in total. The van der Waals surface area contributed by atoms with Crippen molar-refractivity contribution < 1.29 is 24.4 Å². The molecule has 0 saturated carbocycles. The summed E-state index contributed by atoms with van der Waals surface area (Å²) in [7, 11) is 0. The van der Waals surface area contributed by atoms with Crippen LogP contribution in [0.1, 0.15) is 29.3 Å². The summed E-state index contributed by atoms with van der Waals surface area (Å²) in [5.74, 6) is -1.72. The van der Waals surface area contributed by atoms with Crippen molar-refractivity contribution in [3.8, 4) is 5.75 Å². The first-order chi connectivity index (χ1) is 12.4. The number of fused-ring (bicyclic) bond motifs is 1. The zero-order valence-electron chi connectivity index (χ0n) is 13.8. The quantitative estimate of drug-likeness (QED) is 0.643. The number of carbonyl (C=O) groups excluding carboxylic acids is 1. The van der Waals surface area contributed by atoms with Crippen LogP contribution >= 0.6 is 0 Å². The highest BCUT2D eigenvalue weighted by Gasteiger charge is 2.38. The van der Waals surface area contributed by atoms with E-state index in [0.29, 0.717) is 12.0 Å². The fourth-order valence-electron chi connectivity index (χ4n) is 2.74. The largest absolute Gasteiger partial charge is 0.478 e. The summed E-state index contributed by atoms with van der Waals surface area (Å²) in [6.45, 7) is 1.69. The first-order valence-corrected chi connectivity index (χ1v) is 7.87. The lowest BCUT2D eigenvalue weighted by molar-refractivity contribution is -0.389. The number of carboxylic acids is 1. The maximum Gasteiger partial charge on any atom is 0.366 e. The molecule has 0 fully saturated rings. The summed E-state index contributed by atoms with van der Waals surface area (Å²) in [6.07, 6.45) is -0.366. The Morgan fingerprint density at radius 2 is 2.08 bits per heavy atom. The number of benzene rings is 1. The molecule has 9 heteroatoms. The molecule has 1 N–H and O–H groups in total. The summed E-state index contributed by atoms with van der Waals surface area (Å²) < 4.78 is 5.58. The van der Waals surface area contributed by atoms with Crippen molar-refractivity contribution in [2.24, 2.45) is 0 Å². The van der Waals surface area contributed by atoms with Gasteiger partial charge in [-0.1, -0.05) is 25.1 Å². The minimum Gasteiger partial charge on any atom is -0.478 e. The van der Waals surface area contributed by atoms with E-state index in [1.807, 2.05) is 0 Å². The molecule has 26 heavy (non-hydrogen) atoms. The number of rotatable bonds is 5. The SMILES string of the molecule is CCC1Oc2ccc([N+](=O)[O-])nc2N(Cc2ccccc2C(=O)O)C1=O. The number of aromatic carboxylic acids is 1. The number of carboxylic acid groups (broad SMARTS) is 1. The van der Waals surface area contributed by atoms with Crippen molar-refractivity contribution in [1.82, 2.24) is 4.98 Å². The highest BCUT2D eigenvalue weighted by molar-refractivity contribution is 5.99. The second kappa shape index (κ2) is 6.79. The number of hydrogen-bond acceptors (Lipinski definition) is 6. The second-order valence-electron chi connectivity index (χ2n) is 5.65. The predicted molar refractivity (Wildman–Crippen MR) is 90.2 cm³/mol. The standard InChI is InChI=1S/C17H15N3O6/c1-2-12-16(21)19(9-10-5-3-4-6-11(10)17(22)23)15-13(26-12)7-8-14(18-15)20(24)25/h3-8,12H,2,9H2,1H3,(H,22,23). The van der Waals surface area contributed by atoms with Crippen LogP contribution in [0.5, 0.6) is 5.75 Å². The fourth-order valence-corrected chi connectivity index (χ4v) is 2.74. The maximum absolute atomic E-state index is 12.7. The van der Waals surface area contributed by atoms with Crippen LogP contribution in [0.3, 0.4) is 0 Å². The Morgan fingerprint density at radius 3 is 2.73 bits per heavy atom.